The number of aliphatic imine (C=N–C) groups is 1. The molecule has 2 N–H and O–H groups in total. The van der Waals surface area contributed by atoms with Gasteiger partial charge in [-0.3, -0.25) is 15.0 Å². The average Bonchev–Trinajstić information content (AvgIpc) is 3.23. The van der Waals surface area contributed by atoms with Gasteiger partial charge < -0.3 is 20.1 Å². The summed E-state index contributed by atoms with van der Waals surface area (Å²) in [7, 11) is 3.31. The van der Waals surface area contributed by atoms with Crippen molar-refractivity contribution in [2.45, 2.75) is 32.5 Å². The van der Waals surface area contributed by atoms with Crippen LogP contribution in [-0.4, -0.2) is 55.7 Å². The number of hydrogen-bond acceptors (Lipinski definition) is 6. The maximum Gasteiger partial charge on any atom is 0.274 e. The van der Waals surface area contributed by atoms with E-state index in [1.165, 1.54) is 6.07 Å². The summed E-state index contributed by atoms with van der Waals surface area (Å²) in [5, 5.41) is 18.0. The number of nitrogens with zero attached hydrogens (tertiary/aromatic N) is 3. The molecule has 0 aliphatic carbocycles. The monoisotopic (exact) mass is 441 g/mol. The van der Waals surface area contributed by atoms with Crippen LogP contribution >= 0.6 is 0 Å². The van der Waals surface area contributed by atoms with Gasteiger partial charge in [-0.05, 0) is 31.0 Å². The Kier molecular flexibility index (Phi) is 8.27. The van der Waals surface area contributed by atoms with Crippen molar-refractivity contribution in [1.82, 2.24) is 15.5 Å². The van der Waals surface area contributed by atoms with Crippen LogP contribution in [0.1, 0.15) is 24.5 Å². The summed E-state index contributed by atoms with van der Waals surface area (Å²) in [6, 6.07) is 12.9. The molecule has 9 heteroatoms. The molecule has 0 bridgehead atoms. The van der Waals surface area contributed by atoms with Crippen LogP contribution in [0.25, 0.3) is 0 Å². The Morgan fingerprint density at radius 1 is 1.22 bits per heavy atom. The first-order valence-corrected chi connectivity index (χ1v) is 10.7. The van der Waals surface area contributed by atoms with Gasteiger partial charge in [0.15, 0.2) is 5.96 Å². The lowest BCUT2D eigenvalue weighted by Gasteiger charge is -2.19. The number of ether oxygens (including phenoxy) is 2. The molecule has 1 heterocycles. The Labute approximate surface area is 188 Å². The highest BCUT2D eigenvalue weighted by molar-refractivity contribution is 5.80. The Morgan fingerprint density at radius 2 is 1.94 bits per heavy atom. The summed E-state index contributed by atoms with van der Waals surface area (Å²) in [4.78, 5) is 17.8. The zero-order valence-corrected chi connectivity index (χ0v) is 18.8. The number of rotatable bonds is 9. The van der Waals surface area contributed by atoms with Gasteiger partial charge in [0.2, 0.25) is 0 Å². The summed E-state index contributed by atoms with van der Waals surface area (Å²) in [5.74, 6) is 2.23. The molecular formula is C23H31N5O4. The molecule has 1 saturated heterocycles. The molecule has 3 rings (SSSR count). The molecule has 0 spiro atoms. The minimum Gasteiger partial charge on any atom is -0.497 e. The normalized spacial score (nSPS) is 16.6. The van der Waals surface area contributed by atoms with E-state index in [4.69, 9.17) is 9.47 Å². The van der Waals surface area contributed by atoms with Crippen LogP contribution in [0.15, 0.2) is 47.5 Å². The molecule has 2 aromatic carbocycles. The zero-order chi connectivity index (χ0) is 22.9. The molecule has 2 aromatic rings. The van der Waals surface area contributed by atoms with Gasteiger partial charge in [0, 0.05) is 44.4 Å². The largest absolute Gasteiger partial charge is 0.497 e. The molecule has 1 aliphatic rings. The Hall–Kier alpha value is -3.33. The fraction of sp³-hybridized carbons (Fsp3) is 0.435. The summed E-state index contributed by atoms with van der Waals surface area (Å²) >= 11 is 0. The number of nitrogens with one attached hydrogen (secondary N) is 2. The Morgan fingerprint density at radius 3 is 2.59 bits per heavy atom. The summed E-state index contributed by atoms with van der Waals surface area (Å²) in [5.41, 5.74) is 1.82. The zero-order valence-electron chi connectivity index (χ0n) is 18.8. The maximum absolute atomic E-state index is 11.2. The van der Waals surface area contributed by atoms with Gasteiger partial charge in [0.1, 0.15) is 11.5 Å². The average molecular weight is 442 g/mol. The van der Waals surface area contributed by atoms with Crippen LogP contribution in [-0.2, 0) is 13.1 Å². The van der Waals surface area contributed by atoms with Crippen LogP contribution in [0, 0.1) is 10.1 Å². The van der Waals surface area contributed by atoms with Gasteiger partial charge in [-0.25, -0.2) is 4.99 Å². The van der Waals surface area contributed by atoms with Crippen LogP contribution in [0.5, 0.6) is 11.5 Å². The van der Waals surface area contributed by atoms with Crippen LogP contribution in [0.2, 0.25) is 0 Å². The van der Waals surface area contributed by atoms with E-state index in [9.17, 15) is 10.1 Å². The number of likely N-dealkylation sites (tertiary alicyclic amines) is 1. The number of nitro groups is 1. The van der Waals surface area contributed by atoms with Crippen molar-refractivity contribution >= 4 is 11.6 Å². The van der Waals surface area contributed by atoms with Crippen molar-refractivity contribution in [3.8, 4) is 11.5 Å². The SMILES string of the molecule is CCNC(=NCc1ccccc1[N+](=O)[O-])NC1CCN(Cc2cc(OC)cc(OC)c2)C1. The molecular weight excluding hydrogens is 410 g/mol. The predicted molar refractivity (Wildman–Crippen MR) is 124 cm³/mol. The first-order valence-electron chi connectivity index (χ1n) is 10.7. The van der Waals surface area contributed by atoms with E-state index in [1.807, 2.05) is 25.1 Å². The number of benzene rings is 2. The fourth-order valence-electron chi connectivity index (χ4n) is 3.81. The van der Waals surface area contributed by atoms with Gasteiger partial charge in [0.25, 0.3) is 5.69 Å². The van der Waals surface area contributed by atoms with Crippen molar-refractivity contribution in [2.75, 3.05) is 33.9 Å². The van der Waals surface area contributed by atoms with Crippen molar-refractivity contribution < 1.29 is 14.4 Å². The molecule has 1 aliphatic heterocycles. The number of methoxy groups -OCH3 is 2. The number of para-hydroxylation sites is 1. The van der Waals surface area contributed by atoms with Crippen LogP contribution in [0.4, 0.5) is 5.69 Å². The van der Waals surface area contributed by atoms with E-state index in [0.29, 0.717) is 18.1 Å². The standard InChI is InChI=1S/C23H31N5O4/c1-4-24-23(25-14-18-7-5-6-8-22(18)28(29)30)26-19-9-10-27(16-19)15-17-11-20(31-2)13-21(12-17)32-3/h5-8,11-13,19H,4,9-10,14-16H2,1-3H3,(H2,24,25,26). The lowest BCUT2D eigenvalue weighted by molar-refractivity contribution is -0.385. The Balaban J connectivity index is 1.61. The van der Waals surface area contributed by atoms with E-state index in [-0.39, 0.29) is 23.2 Å². The third-order valence-corrected chi connectivity index (χ3v) is 5.37. The van der Waals surface area contributed by atoms with Gasteiger partial charge >= 0.3 is 0 Å². The minimum absolute atomic E-state index is 0.0906. The topological polar surface area (TPSA) is 101 Å². The van der Waals surface area contributed by atoms with Crippen molar-refractivity contribution in [2.24, 2.45) is 4.99 Å². The minimum atomic E-state index is -0.367. The third-order valence-electron chi connectivity index (χ3n) is 5.37. The number of hydrogen-bond donors (Lipinski definition) is 2. The van der Waals surface area contributed by atoms with Gasteiger partial charge in [-0.1, -0.05) is 18.2 Å². The fourth-order valence-corrected chi connectivity index (χ4v) is 3.81. The molecule has 172 valence electrons. The van der Waals surface area contributed by atoms with Crippen molar-refractivity contribution in [1.29, 1.82) is 0 Å². The lowest BCUT2D eigenvalue weighted by atomic mass is 10.2. The number of nitro benzene ring substituents is 1. The van der Waals surface area contributed by atoms with E-state index in [1.54, 1.807) is 32.4 Å². The quantitative estimate of drug-likeness (QED) is 0.267. The van der Waals surface area contributed by atoms with E-state index >= 15 is 0 Å². The summed E-state index contributed by atoms with van der Waals surface area (Å²) in [6.07, 6.45) is 0.983. The first-order chi connectivity index (χ1) is 15.5. The lowest BCUT2D eigenvalue weighted by Crippen LogP contribution is -2.44. The maximum atomic E-state index is 11.2. The third kappa shape index (κ3) is 6.34. The molecule has 9 nitrogen and oxygen atoms in total. The number of guanidine groups is 1. The van der Waals surface area contributed by atoms with E-state index in [2.05, 4.69) is 20.5 Å². The van der Waals surface area contributed by atoms with E-state index in [0.717, 1.165) is 43.1 Å². The second kappa shape index (κ2) is 11.3. The molecule has 0 aromatic heterocycles. The highest BCUT2D eigenvalue weighted by Crippen LogP contribution is 2.24. The van der Waals surface area contributed by atoms with Crippen LogP contribution < -0.4 is 20.1 Å². The molecule has 0 amide bonds. The molecule has 1 fully saturated rings. The second-order valence-corrected chi connectivity index (χ2v) is 7.67. The first kappa shape index (κ1) is 23.3. The molecule has 32 heavy (non-hydrogen) atoms. The molecule has 0 saturated carbocycles. The highest BCUT2D eigenvalue weighted by atomic mass is 16.6. The van der Waals surface area contributed by atoms with E-state index < -0.39 is 0 Å². The van der Waals surface area contributed by atoms with Gasteiger partial charge in [0.05, 0.1) is 31.3 Å². The predicted octanol–water partition coefficient (Wildman–Crippen LogP) is 2.94. The smallest absolute Gasteiger partial charge is 0.274 e. The molecule has 1 atom stereocenters. The summed E-state index contributed by atoms with van der Waals surface area (Å²) in [6.45, 7) is 5.58. The highest BCUT2D eigenvalue weighted by Gasteiger charge is 2.23. The second-order valence-electron chi connectivity index (χ2n) is 7.67. The Bertz CT molecular complexity index is 927. The molecule has 0 radical (unpaired) electrons. The van der Waals surface area contributed by atoms with Gasteiger partial charge in [-0.2, -0.15) is 0 Å². The van der Waals surface area contributed by atoms with Gasteiger partial charge in [-0.15, -0.1) is 0 Å². The summed E-state index contributed by atoms with van der Waals surface area (Å²) < 4.78 is 10.7. The van der Waals surface area contributed by atoms with Crippen LogP contribution in [0.3, 0.4) is 0 Å². The van der Waals surface area contributed by atoms with Crippen molar-refractivity contribution in [3.63, 3.8) is 0 Å². The molecule has 1 unspecified atom stereocenters. The van der Waals surface area contributed by atoms with Crippen molar-refractivity contribution in [3.05, 3.63) is 63.7 Å².